The van der Waals surface area contributed by atoms with Gasteiger partial charge in [0, 0.05) is 18.8 Å². The Balaban J connectivity index is 1.59. The Labute approximate surface area is 201 Å². The predicted octanol–water partition coefficient (Wildman–Crippen LogP) is 7.64. The van der Waals surface area contributed by atoms with Crippen molar-refractivity contribution in [2.45, 2.75) is 90.9 Å². The summed E-state index contributed by atoms with van der Waals surface area (Å²) < 4.78 is 17.1. The second-order valence-corrected chi connectivity index (χ2v) is 8.61. The zero-order valence-corrected chi connectivity index (χ0v) is 20.9. The third kappa shape index (κ3) is 12.6. The summed E-state index contributed by atoms with van der Waals surface area (Å²) in [6.07, 6.45) is 18.2. The summed E-state index contributed by atoms with van der Waals surface area (Å²) >= 11 is 0. The van der Waals surface area contributed by atoms with Crippen LogP contribution in [0, 0.1) is 0 Å². The van der Waals surface area contributed by atoms with Crippen LogP contribution in [-0.2, 0) is 4.74 Å². The summed E-state index contributed by atoms with van der Waals surface area (Å²) in [5.41, 5.74) is 0.982. The quantitative estimate of drug-likeness (QED) is 0.192. The van der Waals surface area contributed by atoms with E-state index < -0.39 is 0 Å². The molecule has 0 aliphatic carbocycles. The van der Waals surface area contributed by atoms with Gasteiger partial charge in [-0.3, -0.25) is 0 Å². The molecule has 5 nitrogen and oxygen atoms in total. The number of benzene rings is 1. The standard InChI is InChI=1S/C28H44N2O3/c1-3-5-6-7-8-9-13-21-32-26-17-15-25(16-18-26)28-29-23-27(24-30-28)33-22-14-11-10-12-20-31-19-4-2/h15-18,23-24H,3-14,19-22H2,1-2H3. The Morgan fingerprint density at radius 2 is 1.09 bits per heavy atom. The van der Waals surface area contributed by atoms with E-state index in [9.17, 15) is 0 Å². The Bertz CT molecular complexity index is 704. The normalized spacial score (nSPS) is 11.0. The lowest BCUT2D eigenvalue weighted by molar-refractivity contribution is 0.130. The van der Waals surface area contributed by atoms with Crippen LogP contribution in [0.1, 0.15) is 90.9 Å². The largest absolute Gasteiger partial charge is 0.494 e. The zero-order chi connectivity index (χ0) is 23.4. The van der Waals surface area contributed by atoms with Crippen LogP contribution in [0.2, 0.25) is 0 Å². The Morgan fingerprint density at radius 1 is 0.545 bits per heavy atom. The van der Waals surface area contributed by atoms with Crippen LogP contribution in [0.15, 0.2) is 36.7 Å². The lowest BCUT2D eigenvalue weighted by Crippen LogP contribution is -2.00. The van der Waals surface area contributed by atoms with Gasteiger partial charge in [0.1, 0.15) is 5.75 Å². The van der Waals surface area contributed by atoms with Crippen molar-refractivity contribution >= 4 is 0 Å². The van der Waals surface area contributed by atoms with E-state index in [4.69, 9.17) is 14.2 Å². The average molecular weight is 457 g/mol. The molecule has 0 amide bonds. The van der Waals surface area contributed by atoms with Gasteiger partial charge in [-0.05, 0) is 56.4 Å². The molecule has 1 heterocycles. The summed E-state index contributed by atoms with van der Waals surface area (Å²) in [5, 5.41) is 0. The molecule has 2 rings (SSSR count). The van der Waals surface area contributed by atoms with E-state index in [-0.39, 0.29) is 0 Å². The van der Waals surface area contributed by atoms with Crippen molar-refractivity contribution in [2.24, 2.45) is 0 Å². The molecular weight excluding hydrogens is 412 g/mol. The smallest absolute Gasteiger partial charge is 0.159 e. The molecule has 0 spiro atoms. The number of hydrogen-bond acceptors (Lipinski definition) is 5. The van der Waals surface area contributed by atoms with Crippen molar-refractivity contribution in [3.05, 3.63) is 36.7 Å². The van der Waals surface area contributed by atoms with Gasteiger partial charge in [0.25, 0.3) is 0 Å². The third-order valence-electron chi connectivity index (χ3n) is 5.56. The molecule has 1 aromatic carbocycles. The maximum Gasteiger partial charge on any atom is 0.159 e. The minimum atomic E-state index is 0.698. The van der Waals surface area contributed by atoms with Crippen molar-refractivity contribution in [2.75, 3.05) is 26.4 Å². The number of aromatic nitrogens is 2. The number of nitrogens with zero attached hydrogens (tertiary/aromatic N) is 2. The molecule has 0 N–H and O–H groups in total. The second-order valence-electron chi connectivity index (χ2n) is 8.61. The molecule has 0 radical (unpaired) electrons. The summed E-state index contributed by atoms with van der Waals surface area (Å²) in [5.74, 6) is 2.33. The topological polar surface area (TPSA) is 53.5 Å². The lowest BCUT2D eigenvalue weighted by atomic mass is 10.1. The van der Waals surface area contributed by atoms with Gasteiger partial charge >= 0.3 is 0 Å². The van der Waals surface area contributed by atoms with Crippen LogP contribution in [0.4, 0.5) is 0 Å². The molecule has 0 fully saturated rings. The summed E-state index contributed by atoms with van der Waals surface area (Å²) in [4.78, 5) is 8.92. The van der Waals surface area contributed by atoms with Crippen molar-refractivity contribution in [1.82, 2.24) is 9.97 Å². The molecule has 184 valence electrons. The number of ether oxygens (including phenoxy) is 3. The monoisotopic (exact) mass is 456 g/mol. The van der Waals surface area contributed by atoms with E-state index in [2.05, 4.69) is 23.8 Å². The molecule has 0 saturated heterocycles. The highest BCUT2D eigenvalue weighted by Gasteiger charge is 2.03. The Kier molecular flexibility index (Phi) is 15.0. The fourth-order valence-corrected chi connectivity index (χ4v) is 3.59. The van der Waals surface area contributed by atoms with Crippen LogP contribution in [-0.4, -0.2) is 36.4 Å². The van der Waals surface area contributed by atoms with Crippen molar-refractivity contribution in [3.63, 3.8) is 0 Å². The molecular formula is C28H44N2O3. The molecule has 0 bridgehead atoms. The zero-order valence-electron chi connectivity index (χ0n) is 20.9. The van der Waals surface area contributed by atoms with E-state index in [1.165, 1.54) is 44.9 Å². The Morgan fingerprint density at radius 3 is 1.70 bits per heavy atom. The first kappa shape index (κ1) is 27.1. The Hall–Kier alpha value is -2.14. The third-order valence-corrected chi connectivity index (χ3v) is 5.56. The fourth-order valence-electron chi connectivity index (χ4n) is 3.59. The molecule has 0 atom stereocenters. The second kappa shape index (κ2) is 18.3. The van der Waals surface area contributed by atoms with E-state index in [1.54, 1.807) is 12.4 Å². The van der Waals surface area contributed by atoms with Gasteiger partial charge in [-0.2, -0.15) is 0 Å². The molecule has 0 saturated carbocycles. The first-order valence-electron chi connectivity index (χ1n) is 13.1. The van der Waals surface area contributed by atoms with Gasteiger partial charge in [0.15, 0.2) is 11.6 Å². The van der Waals surface area contributed by atoms with Gasteiger partial charge in [0.05, 0.1) is 25.6 Å². The minimum absolute atomic E-state index is 0.698. The molecule has 1 aromatic heterocycles. The van der Waals surface area contributed by atoms with Crippen LogP contribution in [0.3, 0.4) is 0 Å². The van der Waals surface area contributed by atoms with Gasteiger partial charge in [-0.15, -0.1) is 0 Å². The van der Waals surface area contributed by atoms with E-state index in [0.29, 0.717) is 12.4 Å². The maximum atomic E-state index is 5.87. The van der Waals surface area contributed by atoms with Crippen molar-refractivity contribution in [1.29, 1.82) is 0 Å². The van der Waals surface area contributed by atoms with Gasteiger partial charge in [0.2, 0.25) is 0 Å². The van der Waals surface area contributed by atoms with Crippen LogP contribution >= 0.6 is 0 Å². The number of rotatable bonds is 20. The molecule has 0 aliphatic heterocycles. The van der Waals surface area contributed by atoms with Crippen LogP contribution < -0.4 is 9.47 Å². The highest BCUT2D eigenvalue weighted by molar-refractivity contribution is 5.56. The molecule has 5 heteroatoms. The van der Waals surface area contributed by atoms with Crippen LogP contribution in [0.25, 0.3) is 11.4 Å². The maximum absolute atomic E-state index is 5.87. The van der Waals surface area contributed by atoms with E-state index in [1.807, 2.05) is 24.3 Å². The van der Waals surface area contributed by atoms with Crippen LogP contribution in [0.5, 0.6) is 11.5 Å². The molecule has 33 heavy (non-hydrogen) atoms. The highest BCUT2D eigenvalue weighted by Crippen LogP contribution is 2.21. The minimum Gasteiger partial charge on any atom is -0.494 e. The molecule has 2 aromatic rings. The lowest BCUT2D eigenvalue weighted by Gasteiger charge is -2.08. The summed E-state index contributed by atoms with van der Waals surface area (Å²) in [7, 11) is 0. The van der Waals surface area contributed by atoms with Crippen molar-refractivity contribution < 1.29 is 14.2 Å². The number of unbranched alkanes of at least 4 members (excludes halogenated alkanes) is 9. The fraction of sp³-hybridized carbons (Fsp3) is 0.643. The van der Waals surface area contributed by atoms with Gasteiger partial charge in [-0.25, -0.2) is 9.97 Å². The summed E-state index contributed by atoms with van der Waals surface area (Å²) in [6, 6.07) is 8.02. The average Bonchev–Trinajstić information content (AvgIpc) is 2.85. The number of hydrogen-bond donors (Lipinski definition) is 0. The first-order valence-corrected chi connectivity index (χ1v) is 13.1. The van der Waals surface area contributed by atoms with E-state index >= 15 is 0 Å². The van der Waals surface area contributed by atoms with Crippen molar-refractivity contribution in [3.8, 4) is 22.9 Å². The predicted molar refractivity (Wildman–Crippen MR) is 136 cm³/mol. The van der Waals surface area contributed by atoms with E-state index in [0.717, 1.165) is 69.0 Å². The van der Waals surface area contributed by atoms with Gasteiger partial charge < -0.3 is 14.2 Å². The molecule has 0 unspecified atom stereocenters. The summed E-state index contributed by atoms with van der Waals surface area (Å²) in [6.45, 7) is 7.61. The van der Waals surface area contributed by atoms with Gasteiger partial charge in [-0.1, -0.05) is 58.8 Å². The highest BCUT2D eigenvalue weighted by atomic mass is 16.5. The first-order chi connectivity index (χ1) is 16.3. The molecule has 0 aliphatic rings. The SMILES string of the molecule is CCCCCCCCCOc1ccc(-c2ncc(OCCCCCCOCCC)cn2)cc1.